The van der Waals surface area contributed by atoms with Crippen molar-refractivity contribution in [1.82, 2.24) is 10.2 Å². The van der Waals surface area contributed by atoms with E-state index >= 15 is 0 Å². The number of anilines is 1. The van der Waals surface area contributed by atoms with Gasteiger partial charge in [0.2, 0.25) is 11.8 Å². The fourth-order valence-corrected chi connectivity index (χ4v) is 5.79. The van der Waals surface area contributed by atoms with Gasteiger partial charge in [-0.1, -0.05) is 53.5 Å². The number of benzene rings is 3. The van der Waals surface area contributed by atoms with Crippen LogP contribution in [0.1, 0.15) is 25.0 Å². The molecule has 1 N–H and O–H groups in total. The standard InChI is InChI=1S/C27H26Cl2F3N3O4S/c1-3-33-26(37)18(2)34(16-22-23(28)13-8-14-24(22)29)25(36)17-35(40(38,39)21-11-5-4-6-12-21)20-10-7-9-19(15-20)27(30,31)32/h4-15,18H,3,16-17H2,1-2H3,(H,33,37)/t18-/m0/s1. The maximum atomic E-state index is 13.8. The predicted octanol–water partition coefficient (Wildman–Crippen LogP) is 5.76. The topological polar surface area (TPSA) is 86.8 Å². The van der Waals surface area contributed by atoms with Gasteiger partial charge in [-0.05, 0) is 56.3 Å². The van der Waals surface area contributed by atoms with E-state index in [0.717, 1.165) is 23.1 Å². The van der Waals surface area contributed by atoms with Crippen LogP contribution in [0.5, 0.6) is 0 Å². The van der Waals surface area contributed by atoms with E-state index in [0.29, 0.717) is 15.9 Å². The normalized spacial score (nSPS) is 12.5. The van der Waals surface area contributed by atoms with Crippen molar-refractivity contribution in [3.63, 3.8) is 0 Å². The van der Waals surface area contributed by atoms with Gasteiger partial charge in [0.1, 0.15) is 12.6 Å². The molecule has 0 aromatic heterocycles. The molecule has 1 atom stereocenters. The lowest BCUT2D eigenvalue weighted by Gasteiger charge is -2.32. The third-order valence-corrected chi connectivity index (χ3v) is 8.48. The molecule has 0 radical (unpaired) electrons. The molecule has 3 aromatic carbocycles. The van der Waals surface area contributed by atoms with Crippen molar-refractivity contribution < 1.29 is 31.2 Å². The first-order valence-corrected chi connectivity index (χ1v) is 14.2. The molecular formula is C27H26Cl2F3N3O4S. The van der Waals surface area contributed by atoms with Gasteiger partial charge in [0.05, 0.1) is 16.1 Å². The van der Waals surface area contributed by atoms with Crippen LogP contribution < -0.4 is 9.62 Å². The Morgan fingerprint density at radius 3 is 2.12 bits per heavy atom. The molecule has 3 aromatic rings. The number of nitrogens with one attached hydrogen (secondary N) is 1. The molecule has 0 aliphatic rings. The summed E-state index contributed by atoms with van der Waals surface area (Å²) in [5.41, 5.74) is -1.17. The Morgan fingerprint density at radius 1 is 0.950 bits per heavy atom. The number of hydrogen-bond acceptors (Lipinski definition) is 4. The maximum absolute atomic E-state index is 13.8. The van der Waals surface area contributed by atoms with Crippen LogP contribution >= 0.6 is 23.2 Å². The molecule has 13 heteroatoms. The summed E-state index contributed by atoms with van der Waals surface area (Å²) in [6.07, 6.45) is -4.76. The van der Waals surface area contributed by atoms with Crippen molar-refractivity contribution in [3.8, 4) is 0 Å². The molecule has 0 aliphatic heterocycles. The van der Waals surface area contributed by atoms with Crippen molar-refractivity contribution in [2.45, 2.75) is 37.5 Å². The summed E-state index contributed by atoms with van der Waals surface area (Å²) >= 11 is 12.6. The molecule has 0 saturated carbocycles. The number of amides is 2. The highest BCUT2D eigenvalue weighted by molar-refractivity contribution is 7.92. The van der Waals surface area contributed by atoms with E-state index in [-0.39, 0.29) is 33.7 Å². The molecule has 214 valence electrons. The highest BCUT2D eigenvalue weighted by Crippen LogP contribution is 2.34. The van der Waals surface area contributed by atoms with Gasteiger partial charge in [-0.3, -0.25) is 13.9 Å². The summed E-state index contributed by atoms with van der Waals surface area (Å²) in [7, 11) is -4.52. The zero-order valence-corrected chi connectivity index (χ0v) is 23.8. The van der Waals surface area contributed by atoms with Crippen LogP contribution in [0, 0.1) is 0 Å². The fourth-order valence-electron chi connectivity index (χ4n) is 3.84. The second-order valence-electron chi connectivity index (χ2n) is 8.67. The molecule has 0 spiro atoms. The number of likely N-dealkylation sites (N-methyl/N-ethyl adjacent to an activating group) is 1. The van der Waals surface area contributed by atoms with Crippen LogP contribution in [0.3, 0.4) is 0 Å². The molecule has 0 saturated heterocycles. The molecule has 0 bridgehead atoms. The van der Waals surface area contributed by atoms with Crippen molar-refractivity contribution in [2.24, 2.45) is 0 Å². The highest BCUT2D eigenvalue weighted by atomic mass is 35.5. The number of halogens is 5. The van der Waals surface area contributed by atoms with E-state index in [1.807, 2.05) is 0 Å². The zero-order chi connectivity index (χ0) is 29.7. The summed E-state index contributed by atoms with van der Waals surface area (Å²) < 4.78 is 68.5. The lowest BCUT2D eigenvalue weighted by Crippen LogP contribution is -2.51. The van der Waals surface area contributed by atoms with E-state index in [9.17, 15) is 31.2 Å². The lowest BCUT2D eigenvalue weighted by atomic mass is 10.1. The van der Waals surface area contributed by atoms with Crippen LogP contribution in [-0.4, -0.2) is 44.3 Å². The average Bonchev–Trinajstić information content (AvgIpc) is 2.91. The minimum absolute atomic E-state index is 0.208. The molecule has 2 amide bonds. The van der Waals surface area contributed by atoms with Crippen LogP contribution in [0.15, 0.2) is 77.7 Å². The Bertz CT molecular complexity index is 1450. The van der Waals surface area contributed by atoms with Gasteiger partial charge in [0, 0.05) is 28.7 Å². The third kappa shape index (κ3) is 7.26. The SMILES string of the molecule is CCNC(=O)[C@H](C)N(Cc1c(Cl)cccc1Cl)C(=O)CN(c1cccc(C(F)(F)F)c1)S(=O)(=O)c1ccccc1. The first kappa shape index (κ1) is 31.3. The number of carbonyl (C=O) groups is 2. The second-order valence-corrected chi connectivity index (χ2v) is 11.3. The Hall–Kier alpha value is -3.28. The van der Waals surface area contributed by atoms with Gasteiger partial charge in [-0.25, -0.2) is 8.42 Å². The first-order valence-electron chi connectivity index (χ1n) is 12.0. The van der Waals surface area contributed by atoms with Gasteiger partial charge < -0.3 is 10.2 Å². The van der Waals surface area contributed by atoms with Crippen LogP contribution in [0.4, 0.5) is 18.9 Å². The molecule has 0 aliphatic carbocycles. The van der Waals surface area contributed by atoms with Crippen LogP contribution in [-0.2, 0) is 32.3 Å². The minimum Gasteiger partial charge on any atom is -0.355 e. The number of rotatable bonds is 10. The highest BCUT2D eigenvalue weighted by Gasteiger charge is 2.35. The quantitative estimate of drug-likeness (QED) is 0.314. The molecule has 0 unspecified atom stereocenters. The van der Waals surface area contributed by atoms with Crippen molar-refractivity contribution in [2.75, 3.05) is 17.4 Å². The Balaban J connectivity index is 2.11. The summed E-state index contributed by atoms with van der Waals surface area (Å²) in [4.78, 5) is 27.4. The number of hydrogen-bond donors (Lipinski definition) is 1. The van der Waals surface area contributed by atoms with Crippen molar-refractivity contribution >= 4 is 50.7 Å². The van der Waals surface area contributed by atoms with Gasteiger partial charge in [0.25, 0.3) is 10.0 Å². The molecule has 0 heterocycles. The van der Waals surface area contributed by atoms with Gasteiger partial charge in [-0.15, -0.1) is 0 Å². The van der Waals surface area contributed by atoms with E-state index < -0.39 is 46.2 Å². The Labute approximate surface area is 240 Å². The minimum atomic E-state index is -4.76. The Morgan fingerprint density at radius 2 is 1.55 bits per heavy atom. The van der Waals surface area contributed by atoms with Gasteiger partial charge in [-0.2, -0.15) is 13.2 Å². The second kappa shape index (κ2) is 12.9. The summed E-state index contributed by atoms with van der Waals surface area (Å²) in [5, 5.41) is 3.02. The summed E-state index contributed by atoms with van der Waals surface area (Å²) in [6.45, 7) is 2.20. The number of carbonyl (C=O) groups excluding carboxylic acids is 2. The zero-order valence-electron chi connectivity index (χ0n) is 21.5. The van der Waals surface area contributed by atoms with E-state index in [1.165, 1.54) is 43.3 Å². The molecule has 7 nitrogen and oxygen atoms in total. The maximum Gasteiger partial charge on any atom is 0.416 e. The molecular weight excluding hydrogens is 590 g/mol. The van der Waals surface area contributed by atoms with Crippen molar-refractivity contribution in [3.05, 3.63) is 94.0 Å². The smallest absolute Gasteiger partial charge is 0.355 e. The number of nitrogens with zero attached hydrogens (tertiary/aromatic N) is 2. The van der Waals surface area contributed by atoms with E-state index in [2.05, 4.69) is 5.32 Å². The van der Waals surface area contributed by atoms with Gasteiger partial charge >= 0.3 is 6.18 Å². The lowest BCUT2D eigenvalue weighted by molar-refractivity contribution is -0.139. The largest absolute Gasteiger partial charge is 0.416 e. The number of sulfonamides is 1. The average molecular weight is 616 g/mol. The van der Waals surface area contributed by atoms with Crippen LogP contribution in [0.2, 0.25) is 10.0 Å². The molecule has 40 heavy (non-hydrogen) atoms. The third-order valence-electron chi connectivity index (χ3n) is 5.98. The van der Waals surface area contributed by atoms with Crippen LogP contribution in [0.25, 0.3) is 0 Å². The fraction of sp³-hybridized carbons (Fsp3) is 0.259. The number of alkyl halides is 3. The van der Waals surface area contributed by atoms with E-state index in [4.69, 9.17) is 23.2 Å². The molecule has 0 fully saturated rings. The van der Waals surface area contributed by atoms with Crippen molar-refractivity contribution in [1.29, 1.82) is 0 Å². The first-order chi connectivity index (χ1) is 18.8. The molecule has 3 rings (SSSR count). The predicted molar refractivity (Wildman–Crippen MR) is 148 cm³/mol. The Kier molecular flexibility index (Phi) is 10.1. The van der Waals surface area contributed by atoms with E-state index in [1.54, 1.807) is 19.1 Å². The summed E-state index contributed by atoms with van der Waals surface area (Å²) in [5.74, 6) is -1.40. The monoisotopic (exact) mass is 615 g/mol. The summed E-state index contributed by atoms with van der Waals surface area (Å²) in [6, 6.07) is 14.2. The van der Waals surface area contributed by atoms with Gasteiger partial charge in [0.15, 0.2) is 0 Å².